The number of carbonyl (C=O) groups excluding carboxylic acids is 1. The number of nitrogens with zero attached hydrogens (tertiary/aromatic N) is 2. The second kappa shape index (κ2) is 4.55. The lowest BCUT2D eigenvalue weighted by Crippen LogP contribution is -2.27. The number of aromatic nitrogens is 1. The first-order chi connectivity index (χ1) is 8.86. The van der Waals surface area contributed by atoms with Gasteiger partial charge in [0.1, 0.15) is 5.92 Å². The van der Waals surface area contributed by atoms with Crippen molar-refractivity contribution in [3.05, 3.63) is 36.0 Å². The Bertz CT molecular complexity index is 668. The summed E-state index contributed by atoms with van der Waals surface area (Å²) < 4.78 is 1.94. The molecule has 0 saturated heterocycles. The molecule has 0 aliphatic carbocycles. The third kappa shape index (κ3) is 2.26. The van der Waals surface area contributed by atoms with E-state index in [1.54, 1.807) is 0 Å². The number of hydrogen-bond donors (Lipinski definition) is 0. The molecule has 0 aliphatic rings. The highest BCUT2D eigenvalue weighted by Crippen LogP contribution is 2.30. The van der Waals surface area contributed by atoms with Gasteiger partial charge in [0.2, 0.25) is 0 Å². The quantitative estimate of drug-likeness (QED) is 0.824. The Morgan fingerprint density at radius 3 is 2.47 bits per heavy atom. The lowest BCUT2D eigenvalue weighted by atomic mass is 9.82. The maximum atomic E-state index is 12.4. The molecule has 3 nitrogen and oxygen atoms in total. The molecule has 1 atom stereocenters. The highest BCUT2D eigenvalue weighted by atomic mass is 16.1. The van der Waals surface area contributed by atoms with Gasteiger partial charge in [0.25, 0.3) is 0 Å². The van der Waals surface area contributed by atoms with Crippen LogP contribution in [0.2, 0.25) is 0 Å². The van der Waals surface area contributed by atoms with Crippen molar-refractivity contribution in [1.29, 1.82) is 5.26 Å². The Kier molecular flexibility index (Phi) is 3.20. The number of hydrogen-bond acceptors (Lipinski definition) is 2. The molecular formula is C16H18N2O. The number of benzene rings is 1. The molecule has 19 heavy (non-hydrogen) atoms. The molecule has 0 bridgehead atoms. The van der Waals surface area contributed by atoms with Crippen molar-refractivity contribution < 1.29 is 4.79 Å². The summed E-state index contributed by atoms with van der Waals surface area (Å²) in [6, 6.07) is 12.0. The fourth-order valence-electron chi connectivity index (χ4n) is 2.28. The monoisotopic (exact) mass is 254 g/mol. The third-order valence-electron chi connectivity index (χ3n) is 3.42. The zero-order valence-electron chi connectivity index (χ0n) is 11.8. The van der Waals surface area contributed by atoms with Crippen LogP contribution >= 0.6 is 0 Å². The standard InChI is InChI=1S/C16H18N2O/c1-16(2,3)15(19)12(10-17)14-9-11-7-5-6-8-13(11)18(14)4/h5-9,12H,1-4H3. The molecule has 0 radical (unpaired) electrons. The van der Waals surface area contributed by atoms with Gasteiger partial charge >= 0.3 is 0 Å². The van der Waals surface area contributed by atoms with Crippen molar-refractivity contribution in [3.63, 3.8) is 0 Å². The molecule has 1 unspecified atom stereocenters. The average molecular weight is 254 g/mol. The highest BCUT2D eigenvalue weighted by molar-refractivity contribution is 5.94. The zero-order chi connectivity index (χ0) is 14.2. The van der Waals surface area contributed by atoms with E-state index in [2.05, 4.69) is 6.07 Å². The number of ketones is 1. The Labute approximate surface area is 113 Å². The van der Waals surface area contributed by atoms with Crippen LogP contribution < -0.4 is 0 Å². The highest BCUT2D eigenvalue weighted by Gasteiger charge is 2.32. The van der Waals surface area contributed by atoms with Crippen molar-refractivity contribution in [3.8, 4) is 6.07 Å². The van der Waals surface area contributed by atoms with Crippen LogP contribution in [0.1, 0.15) is 32.4 Å². The molecule has 0 N–H and O–H groups in total. The second-order valence-electron chi connectivity index (χ2n) is 5.86. The van der Waals surface area contributed by atoms with Gasteiger partial charge < -0.3 is 4.57 Å². The van der Waals surface area contributed by atoms with Crippen molar-refractivity contribution in [2.24, 2.45) is 12.5 Å². The normalized spacial score (nSPS) is 13.2. The van der Waals surface area contributed by atoms with Crippen molar-refractivity contribution in [1.82, 2.24) is 4.57 Å². The Hall–Kier alpha value is -2.08. The Morgan fingerprint density at radius 1 is 1.32 bits per heavy atom. The first-order valence-corrected chi connectivity index (χ1v) is 6.34. The molecule has 0 spiro atoms. The van der Waals surface area contributed by atoms with E-state index in [4.69, 9.17) is 0 Å². The van der Waals surface area contributed by atoms with Crippen LogP contribution in [-0.4, -0.2) is 10.4 Å². The SMILES string of the molecule is Cn1c(C(C#N)C(=O)C(C)(C)C)cc2ccccc21. The third-order valence-corrected chi connectivity index (χ3v) is 3.42. The summed E-state index contributed by atoms with van der Waals surface area (Å²) in [6.07, 6.45) is 0. The first-order valence-electron chi connectivity index (χ1n) is 6.34. The molecule has 0 saturated carbocycles. The maximum Gasteiger partial charge on any atom is 0.161 e. The van der Waals surface area contributed by atoms with E-state index in [9.17, 15) is 10.1 Å². The molecule has 1 aromatic heterocycles. The molecule has 0 amide bonds. The summed E-state index contributed by atoms with van der Waals surface area (Å²) >= 11 is 0. The van der Waals surface area contributed by atoms with Crippen LogP contribution in [0.4, 0.5) is 0 Å². The fraction of sp³-hybridized carbons (Fsp3) is 0.375. The van der Waals surface area contributed by atoms with Crippen LogP contribution in [0.25, 0.3) is 10.9 Å². The van der Waals surface area contributed by atoms with Gasteiger partial charge in [-0.05, 0) is 17.5 Å². The van der Waals surface area contributed by atoms with Gasteiger partial charge in [0.15, 0.2) is 5.78 Å². The maximum absolute atomic E-state index is 12.4. The van der Waals surface area contributed by atoms with E-state index >= 15 is 0 Å². The summed E-state index contributed by atoms with van der Waals surface area (Å²) in [5.41, 5.74) is 1.29. The van der Waals surface area contributed by atoms with Crippen molar-refractivity contribution in [2.75, 3.05) is 0 Å². The number of fused-ring (bicyclic) bond motifs is 1. The lowest BCUT2D eigenvalue weighted by Gasteiger charge is -2.20. The van der Waals surface area contributed by atoms with Crippen molar-refractivity contribution >= 4 is 16.7 Å². The van der Waals surface area contributed by atoms with E-state index < -0.39 is 11.3 Å². The minimum absolute atomic E-state index is 0.0408. The summed E-state index contributed by atoms with van der Waals surface area (Å²) in [4.78, 5) is 12.4. The van der Waals surface area contributed by atoms with Crippen LogP contribution in [0.5, 0.6) is 0 Å². The topological polar surface area (TPSA) is 45.8 Å². The van der Waals surface area contributed by atoms with Gasteiger partial charge in [-0.25, -0.2) is 0 Å². The van der Waals surface area contributed by atoms with E-state index in [1.807, 2.05) is 62.7 Å². The number of rotatable bonds is 2. The molecule has 2 aromatic rings. The van der Waals surface area contributed by atoms with Gasteiger partial charge in [0.05, 0.1) is 6.07 Å². The molecule has 0 aliphatic heterocycles. The predicted molar refractivity (Wildman–Crippen MR) is 75.7 cm³/mol. The lowest BCUT2D eigenvalue weighted by molar-refractivity contribution is -0.126. The number of carbonyl (C=O) groups is 1. The van der Waals surface area contributed by atoms with Gasteiger partial charge in [-0.15, -0.1) is 0 Å². The number of Topliss-reactive ketones (excluding diaryl/α,β-unsaturated/α-hetero) is 1. The predicted octanol–water partition coefficient (Wildman–Crippen LogP) is 3.40. The Balaban J connectivity index is 2.57. The fourth-order valence-corrected chi connectivity index (χ4v) is 2.28. The minimum Gasteiger partial charge on any atom is -0.346 e. The van der Waals surface area contributed by atoms with Crippen LogP contribution in [0.15, 0.2) is 30.3 Å². The largest absolute Gasteiger partial charge is 0.346 e. The molecule has 3 heteroatoms. The van der Waals surface area contributed by atoms with E-state index in [0.29, 0.717) is 0 Å². The number of nitriles is 1. The summed E-state index contributed by atoms with van der Waals surface area (Å²) in [5, 5.41) is 10.4. The molecule has 1 heterocycles. The van der Waals surface area contributed by atoms with Gasteiger partial charge in [-0.2, -0.15) is 5.26 Å². The first kappa shape index (κ1) is 13.4. The summed E-state index contributed by atoms with van der Waals surface area (Å²) in [7, 11) is 1.90. The summed E-state index contributed by atoms with van der Waals surface area (Å²) in [6.45, 7) is 5.55. The van der Waals surface area contributed by atoms with Gasteiger partial charge in [-0.3, -0.25) is 4.79 Å². The molecule has 98 valence electrons. The zero-order valence-corrected chi connectivity index (χ0v) is 11.8. The van der Waals surface area contributed by atoms with Crippen LogP contribution in [0, 0.1) is 16.7 Å². The van der Waals surface area contributed by atoms with Crippen molar-refractivity contribution in [2.45, 2.75) is 26.7 Å². The number of para-hydroxylation sites is 1. The average Bonchev–Trinajstić information content (AvgIpc) is 2.68. The molecular weight excluding hydrogens is 236 g/mol. The minimum atomic E-state index is -0.711. The second-order valence-corrected chi connectivity index (χ2v) is 5.86. The van der Waals surface area contributed by atoms with E-state index in [1.165, 1.54) is 0 Å². The number of aryl methyl sites for hydroxylation is 1. The smallest absolute Gasteiger partial charge is 0.161 e. The van der Waals surface area contributed by atoms with E-state index in [-0.39, 0.29) is 5.78 Å². The van der Waals surface area contributed by atoms with Gasteiger partial charge in [0, 0.05) is 23.7 Å². The van der Waals surface area contributed by atoms with E-state index in [0.717, 1.165) is 16.6 Å². The Morgan fingerprint density at radius 2 is 1.95 bits per heavy atom. The van der Waals surface area contributed by atoms with Crippen LogP contribution in [0.3, 0.4) is 0 Å². The van der Waals surface area contributed by atoms with Gasteiger partial charge in [-0.1, -0.05) is 39.0 Å². The molecule has 1 aromatic carbocycles. The molecule has 2 rings (SSSR count). The van der Waals surface area contributed by atoms with Crippen LogP contribution in [-0.2, 0) is 11.8 Å². The molecule has 0 fully saturated rings. The summed E-state index contributed by atoms with van der Waals surface area (Å²) in [5.74, 6) is -0.752.